The Morgan fingerprint density at radius 2 is 2.07 bits per heavy atom. The molecule has 0 saturated heterocycles. The van der Waals surface area contributed by atoms with Crippen LogP contribution in [-0.4, -0.2) is 14.7 Å². The number of hydrogen-bond donors (Lipinski definition) is 1. The Balaban J connectivity index is 3.40. The summed E-state index contributed by atoms with van der Waals surface area (Å²) in [6.45, 7) is 1.90. The van der Waals surface area contributed by atoms with Crippen molar-refractivity contribution in [2.45, 2.75) is 24.3 Å². The monoisotopic (exact) mass is 247 g/mol. The van der Waals surface area contributed by atoms with E-state index in [0.717, 1.165) is 0 Å². The molecule has 0 fully saturated rings. The Bertz CT molecular complexity index is 456. The number of hydrogen-bond acceptors (Lipinski definition) is 3. The molecule has 0 bridgehead atoms. The van der Waals surface area contributed by atoms with Gasteiger partial charge < -0.3 is 5.73 Å². The molecular weight excluding hydrogens is 234 g/mol. The van der Waals surface area contributed by atoms with Gasteiger partial charge in [0, 0.05) is 17.3 Å². The van der Waals surface area contributed by atoms with Crippen molar-refractivity contribution in [3.8, 4) is 0 Å². The van der Waals surface area contributed by atoms with Crippen LogP contribution in [0.4, 0.5) is 0 Å². The number of rotatable bonds is 3. The molecule has 1 unspecified atom stereocenters. The van der Waals surface area contributed by atoms with E-state index in [0.29, 0.717) is 17.0 Å². The number of benzene rings is 1. The van der Waals surface area contributed by atoms with E-state index in [1.165, 1.54) is 12.3 Å². The fraction of sp³-hybridized carbons (Fsp3) is 0.400. The average Bonchev–Trinajstić information content (AvgIpc) is 2.14. The van der Waals surface area contributed by atoms with E-state index < -0.39 is 9.84 Å². The van der Waals surface area contributed by atoms with Crippen LogP contribution in [0.3, 0.4) is 0 Å². The highest BCUT2D eigenvalue weighted by atomic mass is 35.5. The highest BCUT2D eigenvalue weighted by Gasteiger charge is 2.17. The second kappa shape index (κ2) is 4.51. The predicted octanol–water partition coefficient (Wildman–Crippen LogP) is 2.15. The molecule has 0 saturated carbocycles. The molecule has 1 aromatic carbocycles. The second-order valence-electron chi connectivity index (χ2n) is 3.47. The molecule has 0 aromatic heterocycles. The van der Waals surface area contributed by atoms with Crippen LogP contribution in [0, 0.1) is 0 Å². The van der Waals surface area contributed by atoms with Crippen molar-refractivity contribution in [3.05, 3.63) is 28.8 Å². The molecule has 1 rings (SSSR count). The van der Waals surface area contributed by atoms with Gasteiger partial charge >= 0.3 is 0 Å². The van der Waals surface area contributed by atoms with Crippen LogP contribution in [0.5, 0.6) is 0 Å². The van der Waals surface area contributed by atoms with Gasteiger partial charge in [0.05, 0.1) is 4.90 Å². The van der Waals surface area contributed by atoms with E-state index in [9.17, 15) is 8.42 Å². The summed E-state index contributed by atoms with van der Waals surface area (Å²) in [6, 6.07) is 4.38. The number of sulfone groups is 1. The minimum atomic E-state index is -3.24. The summed E-state index contributed by atoms with van der Waals surface area (Å²) in [5.41, 5.74) is 6.43. The molecule has 0 amide bonds. The molecule has 0 radical (unpaired) electrons. The van der Waals surface area contributed by atoms with Gasteiger partial charge in [0.25, 0.3) is 0 Å². The smallest absolute Gasteiger partial charge is 0.175 e. The van der Waals surface area contributed by atoms with Gasteiger partial charge in [-0.2, -0.15) is 0 Å². The van der Waals surface area contributed by atoms with Crippen molar-refractivity contribution in [2.75, 3.05) is 6.26 Å². The van der Waals surface area contributed by atoms with E-state index in [-0.39, 0.29) is 10.9 Å². The maximum absolute atomic E-state index is 11.5. The molecule has 1 atom stereocenters. The van der Waals surface area contributed by atoms with E-state index in [1.54, 1.807) is 12.1 Å². The first-order valence-corrected chi connectivity index (χ1v) is 6.88. The second-order valence-corrected chi connectivity index (χ2v) is 5.89. The van der Waals surface area contributed by atoms with Gasteiger partial charge in [0.1, 0.15) is 0 Å². The Morgan fingerprint density at radius 1 is 1.47 bits per heavy atom. The molecule has 2 N–H and O–H groups in total. The lowest BCUT2D eigenvalue weighted by molar-refractivity contribution is 0.596. The fourth-order valence-corrected chi connectivity index (χ4v) is 2.50. The molecule has 0 aliphatic rings. The van der Waals surface area contributed by atoms with E-state index in [1.807, 2.05) is 6.92 Å². The van der Waals surface area contributed by atoms with Crippen LogP contribution in [0.2, 0.25) is 5.02 Å². The summed E-state index contributed by atoms with van der Waals surface area (Å²) in [7, 11) is -3.24. The van der Waals surface area contributed by atoms with Gasteiger partial charge in [-0.1, -0.05) is 18.5 Å². The van der Waals surface area contributed by atoms with E-state index in [2.05, 4.69) is 0 Å². The first-order valence-electron chi connectivity index (χ1n) is 4.61. The van der Waals surface area contributed by atoms with Crippen molar-refractivity contribution in [1.29, 1.82) is 0 Å². The van der Waals surface area contributed by atoms with Crippen molar-refractivity contribution in [2.24, 2.45) is 5.73 Å². The number of nitrogens with two attached hydrogens (primary N) is 1. The van der Waals surface area contributed by atoms with Crippen LogP contribution in [0.25, 0.3) is 0 Å². The Labute approximate surface area is 95.2 Å². The van der Waals surface area contributed by atoms with Gasteiger partial charge in [-0.05, 0) is 30.2 Å². The zero-order valence-electron chi connectivity index (χ0n) is 8.70. The highest BCUT2D eigenvalue weighted by molar-refractivity contribution is 7.90. The highest BCUT2D eigenvalue weighted by Crippen LogP contribution is 2.26. The topological polar surface area (TPSA) is 60.2 Å². The molecule has 0 spiro atoms. The maximum atomic E-state index is 11.5. The van der Waals surface area contributed by atoms with Crippen molar-refractivity contribution < 1.29 is 8.42 Å². The van der Waals surface area contributed by atoms with Crippen molar-refractivity contribution >= 4 is 21.4 Å². The van der Waals surface area contributed by atoms with Gasteiger partial charge in [-0.25, -0.2) is 8.42 Å². The maximum Gasteiger partial charge on any atom is 0.175 e. The van der Waals surface area contributed by atoms with Crippen LogP contribution < -0.4 is 5.73 Å². The summed E-state index contributed by atoms with van der Waals surface area (Å²) in [5.74, 6) is 0. The van der Waals surface area contributed by atoms with Gasteiger partial charge in [-0.3, -0.25) is 0 Å². The van der Waals surface area contributed by atoms with Crippen LogP contribution in [0.1, 0.15) is 24.9 Å². The quantitative estimate of drug-likeness (QED) is 0.890. The molecule has 0 aliphatic heterocycles. The fourth-order valence-electron chi connectivity index (χ4n) is 1.37. The van der Waals surface area contributed by atoms with Crippen molar-refractivity contribution in [3.63, 3.8) is 0 Å². The standard InChI is InChI=1S/C10H14ClNO2S/c1-3-9(12)8-6-7(11)4-5-10(8)15(2,13)14/h4-6,9H,3,12H2,1-2H3. The first kappa shape index (κ1) is 12.5. The third-order valence-corrected chi connectivity index (χ3v) is 3.62. The van der Waals surface area contributed by atoms with Crippen LogP contribution in [-0.2, 0) is 9.84 Å². The Kier molecular flexibility index (Phi) is 3.76. The molecule has 15 heavy (non-hydrogen) atoms. The summed E-state index contributed by atoms with van der Waals surface area (Å²) in [6.07, 6.45) is 1.84. The lowest BCUT2D eigenvalue weighted by atomic mass is 10.1. The summed E-state index contributed by atoms with van der Waals surface area (Å²) in [5, 5.41) is 0.501. The first-order chi connectivity index (χ1) is 6.86. The molecule has 3 nitrogen and oxygen atoms in total. The van der Waals surface area contributed by atoms with E-state index >= 15 is 0 Å². The molecule has 5 heteroatoms. The molecule has 84 valence electrons. The van der Waals surface area contributed by atoms with Crippen LogP contribution >= 0.6 is 11.6 Å². The Hall–Kier alpha value is -0.580. The molecule has 0 aliphatic carbocycles. The zero-order chi connectivity index (χ0) is 11.6. The van der Waals surface area contributed by atoms with Crippen LogP contribution in [0.15, 0.2) is 23.1 Å². The largest absolute Gasteiger partial charge is 0.324 e. The summed E-state index contributed by atoms with van der Waals surface area (Å²) in [4.78, 5) is 0.265. The third-order valence-electron chi connectivity index (χ3n) is 2.21. The van der Waals surface area contributed by atoms with Crippen molar-refractivity contribution in [1.82, 2.24) is 0 Å². The normalized spacial score (nSPS) is 13.9. The summed E-state index contributed by atoms with van der Waals surface area (Å²) >= 11 is 5.82. The summed E-state index contributed by atoms with van der Waals surface area (Å²) < 4.78 is 23.0. The number of halogens is 1. The van der Waals surface area contributed by atoms with Gasteiger partial charge in [0.15, 0.2) is 9.84 Å². The molecule has 1 aromatic rings. The third kappa shape index (κ3) is 2.93. The zero-order valence-corrected chi connectivity index (χ0v) is 10.3. The Morgan fingerprint density at radius 3 is 2.53 bits per heavy atom. The molecule has 0 heterocycles. The molecular formula is C10H14ClNO2S. The average molecular weight is 248 g/mol. The van der Waals surface area contributed by atoms with E-state index in [4.69, 9.17) is 17.3 Å². The van der Waals surface area contributed by atoms with Gasteiger partial charge in [0.2, 0.25) is 0 Å². The minimum absolute atomic E-state index is 0.265. The lowest BCUT2D eigenvalue weighted by Gasteiger charge is -2.14. The predicted molar refractivity (Wildman–Crippen MR) is 61.8 cm³/mol. The minimum Gasteiger partial charge on any atom is -0.324 e. The lowest BCUT2D eigenvalue weighted by Crippen LogP contribution is -2.13. The van der Waals surface area contributed by atoms with Gasteiger partial charge in [-0.15, -0.1) is 0 Å². The SMILES string of the molecule is CCC(N)c1cc(Cl)ccc1S(C)(=O)=O.